The second kappa shape index (κ2) is 4.69. The fraction of sp³-hybridized carbons (Fsp3) is 0.125. The molecule has 0 aliphatic rings. The summed E-state index contributed by atoms with van der Waals surface area (Å²) in [5.74, 6) is 0.797. The van der Waals surface area contributed by atoms with Gasteiger partial charge < -0.3 is 4.98 Å². The number of nitrogens with one attached hydrogen (secondary N) is 1. The number of rotatable bonds is 3. The van der Waals surface area contributed by atoms with E-state index in [4.69, 9.17) is 0 Å². The van der Waals surface area contributed by atoms with E-state index in [1.54, 1.807) is 0 Å². The predicted octanol–water partition coefficient (Wildman–Crippen LogP) is 3.30. The minimum absolute atomic E-state index is 0.0800. The highest BCUT2D eigenvalue weighted by Crippen LogP contribution is 2.14. The average Bonchev–Trinajstić information content (AvgIpc) is 2.81. The fourth-order valence-electron chi connectivity index (χ4n) is 2.14. The smallest absolute Gasteiger partial charge is 0.170 e. The number of hydrogen-bond donors (Lipinski definition) is 1. The largest absolute Gasteiger partial charge is 0.342 e. The molecule has 3 aromatic rings. The fourth-order valence-corrected chi connectivity index (χ4v) is 2.14. The van der Waals surface area contributed by atoms with Crippen molar-refractivity contribution in [2.45, 2.75) is 13.3 Å². The number of imidazole rings is 1. The molecule has 0 unspecified atom stereocenters. The summed E-state index contributed by atoms with van der Waals surface area (Å²) in [4.78, 5) is 19.7. The van der Waals surface area contributed by atoms with Crippen LogP contribution in [0, 0.1) is 6.92 Å². The van der Waals surface area contributed by atoms with Gasteiger partial charge in [-0.1, -0.05) is 36.4 Å². The highest BCUT2D eigenvalue weighted by Gasteiger charge is 2.10. The SMILES string of the molecule is Cc1ccc2nc(CC(=O)c3ccccc3)[nH]c2c1. The zero-order valence-corrected chi connectivity index (χ0v) is 10.7. The molecule has 0 atom stereocenters. The molecule has 1 aromatic heterocycles. The molecule has 0 fully saturated rings. The van der Waals surface area contributed by atoms with Gasteiger partial charge in [0.05, 0.1) is 17.5 Å². The van der Waals surface area contributed by atoms with Gasteiger partial charge in [0.2, 0.25) is 0 Å². The minimum atomic E-state index is 0.0800. The molecule has 0 spiro atoms. The lowest BCUT2D eigenvalue weighted by atomic mass is 10.1. The zero-order chi connectivity index (χ0) is 13.2. The van der Waals surface area contributed by atoms with E-state index in [1.165, 1.54) is 5.56 Å². The number of H-pyrrole nitrogens is 1. The number of carbonyl (C=O) groups excluding carboxylic acids is 1. The third kappa shape index (κ3) is 2.40. The van der Waals surface area contributed by atoms with Crippen molar-refractivity contribution >= 4 is 16.8 Å². The molecule has 0 aliphatic heterocycles. The maximum Gasteiger partial charge on any atom is 0.170 e. The van der Waals surface area contributed by atoms with E-state index in [0.29, 0.717) is 6.42 Å². The van der Waals surface area contributed by atoms with Gasteiger partial charge >= 0.3 is 0 Å². The van der Waals surface area contributed by atoms with E-state index in [-0.39, 0.29) is 5.78 Å². The van der Waals surface area contributed by atoms with Gasteiger partial charge in [0.15, 0.2) is 5.78 Å². The van der Waals surface area contributed by atoms with Crippen LogP contribution in [0.15, 0.2) is 48.5 Å². The van der Waals surface area contributed by atoms with Gasteiger partial charge in [-0.3, -0.25) is 4.79 Å². The Morgan fingerprint density at radius 1 is 1.16 bits per heavy atom. The lowest BCUT2D eigenvalue weighted by Gasteiger charge is -1.97. The molecule has 0 aliphatic carbocycles. The van der Waals surface area contributed by atoms with E-state index >= 15 is 0 Å². The first kappa shape index (κ1) is 11.7. The number of nitrogens with zero attached hydrogens (tertiary/aromatic N) is 1. The van der Waals surface area contributed by atoms with Crippen molar-refractivity contribution in [3.8, 4) is 0 Å². The van der Waals surface area contributed by atoms with Gasteiger partial charge in [0, 0.05) is 5.56 Å². The first-order valence-corrected chi connectivity index (χ1v) is 6.26. The normalized spacial score (nSPS) is 10.8. The third-order valence-electron chi connectivity index (χ3n) is 3.11. The number of aromatic nitrogens is 2. The Bertz CT molecular complexity index is 729. The molecule has 94 valence electrons. The Kier molecular flexibility index (Phi) is 2.88. The molecule has 0 radical (unpaired) electrons. The number of hydrogen-bond acceptors (Lipinski definition) is 2. The molecule has 3 nitrogen and oxygen atoms in total. The van der Waals surface area contributed by atoms with Gasteiger partial charge in [0.25, 0.3) is 0 Å². The first-order chi connectivity index (χ1) is 9.22. The van der Waals surface area contributed by atoms with Crippen LogP contribution in [0.3, 0.4) is 0 Å². The monoisotopic (exact) mass is 250 g/mol. The van der Waals surface area contributed by atoms with Crippen LogP contribution in [0.4, 0.5) is 0 Å². The van der Waals surface area contributed by atoms with Crippen molar-refractivity contribution in [2.75, 3.05) is 0 Å². The molecule has 0 bridgehead atoms. The molecular formula is C16H14N2O. The summed E-state index contributed by atoms with van der Waals surface area (Å²) in [6.07, 6.45) is 0.303. The van der Waals surface area contributed by atoms with E-state index in [1.807, 2.05) is 55.5 Å². The lowest BCUT2D eigenvalue weighted by molar-refractivity contribution is 0.0991. The Balaban J connectivity index is 1.87. The van der Waals surface area contributed by atoms with Crippen molar-refractivity contribution in [2.24, 2.45) is 0 Å². The number of benzene rings is 2. The van der Waals surface area contributed by atoms with Crippen LogP contribution in [0.5, 0.6) is 0 Å². The lowest BCUT2D eigenvalue weighted by Crippen LogP contribution is -2.04. The molecule has 1 heterocycles. The Morgan fingerprint density at radius 2 is 1.95 bits per heavy atom. The van der Waals surface area contributed by atoms with Crippen LogP contribution in [0.25, 0.3) is 11.0 Å². The van der Waals surface area contributed by atoms with Gasteiger partial charge in [-0.15, -0.1) is 0 Å². The van der Waals surface area contributed by atoms with Crippen LogP contribution >= 0.6 is 0 Å². The van der Waals surface area contributed by atoms with Crippen LogP contribution in [0.2, 0.25) is 0 Å². The topological polar surface area (TPSA) is 45.8 Å². The molecule has 0 saturated carbocycles. The second-order valence-corrected chi connectivity index (χ2v) is 4.67. The number of fused-ring (bicyclic) bond motifs is 1. The quantitative estimate of drug-likeness (QED) is 0.725. The van der Waals surface area contributed by atoms with Crippen LogP contribution in [-0.4, -0.2) is 15.8 Å². The minimum Gasteiger partial charge on any atom is -0.342 e. The van der Waals surface area contributed by atoms with Crippen LogP contribution in [-0.2, 0) is 6.42 Å². The van der Waals surface area contributed by atoms with Crippen molar-refractivity contribution in [3.05, 3.63) is 65.5 Å². The van der Waals surface area contributed by atoms with E-state index in [2.05, 4.69) is 9.97 Å². The van der Waals surface area contributed by atoms with Crippen molar-refractivity contribution < 1.29 is 4.79 Å². The highest BCUT2D eigenvalue weighted by molar-refractivity contribution is 5.97. The zero-order valence-electron chi connectivity index (χ0n) is 10.7. The Hall–Kier alpha value is -2.42. The number of aryl methyl sites for hydroxylation is 1. The predicted molar refractivity (Wildman–Crippen MR) is 75.3 cm³/mol. The third-order valence-corrected chi connectivity index (χ3v) is 3.11. The molecule has 0 saturated heterocycles. The summed E-state index contributed by atoms with van der Waals surface area (Å²) in [5, 5.41) is 0. The Morgan fingerprint density at radius 3 is 2.74 bits per heavy atom. The van der Waals surface area contributed by atoms with Gasteiger partial charge in [0.1, 0.15) is 5.82 Å². The van der Waals surface area contributed by atoms with Crippen LogP contribution < -0.4 is 0 Å². The summed E-state index contributed by atoms with van der Waals surface area (Å²) in [5.41, 5.74) is 3.79. The molecule has 2 aromatic carbocycles. The first-order valence-electron chi connectivity index (χ1n) is 6.26. The van der Waals surface area contributed by atoms with Crippen LogP contribution in [0.1, 0.15) is 21.7 Å². The van der Waals surface area contributed by atoms with Gasteiger partial charge in [-0.25, -0.2) is 4.98 Å². The number of ketones is 1. The highest BCUT2D eigenvalue weighted by atomic mass is 16.1. The summed E-state index contributed by atoms with van der Waals surface area (Å²) >= 11 is 0. The van der Waals surface area contributed by atoms with Gasteiger partial charge in [-0.05, 0) is 24.6 Å². The summed E-state index contributed by atoms with van der Waals surface area (Å²) < 4.78 is 0. The maximum atomic E-state index is 12.1. The molecule has 3 rings (SSSR count). The molecule has 19 heavy (non-hydrogen) atoms. The number of Topliss-reactive ketones (excluding diaryl/α,β-unsaturated/α-hetero) is 1. The Labute approximate surface area is 111 Å². The van der Waals surface area contributed by atoms with Crippen molar-refractivity contribution in [3.63, 3.8) is 0 Å². The van der Waals surface area contributed by atoms with E-state index < -0.39 is 0 Å². The average molecular weight is 250 g/mol. The van der Waals surface area contributed by atoms with Crippen molar-refractivity contribution in [1.82, 2.24) is 9.97 Å². The standard InChI is InChI=1S/C16H14N2O/c1-11-7-8-13-14(9-11)18-16(17-13)10-15(19)12-5-3-2-4-6-12/h2-9H,10H2,1H3,(H,17,18). The maximum absolute atomic E-state index is 12.1. The van der Waals surface area contributed by atoms with Crippen molar-refractivity contribution in [1.29, 1.82) is 0 Å². The molecule has 0 amide bonds. The number of carbonyl (C=O) groups is 1. The molecular weight excluding hydrogens is 236 g/mol. The van der Waals surface area contributed by atoms with Gasteiger partial charge in [-0.2, -0.15) is 0 Å². The summed E-state index contributed by atoms with van der Waals surface area (Å²) in [7, 11) is 0. The van der Waals surface area contributed by atoms with E-state index in [0.717, 1.165) is 22.4 Å². The second-order valence-electron chi connectivity index (χ2n) is 4.67. The molecule has 1 N–H and O–H groups in total. The van der Waals surface area contributed by atoms with E-state index in [9.17, 15) is 4.79 Å². The summed E-state index contributed by atoms with van der Waals surface area (Å²) in [6.45, 7) is 2.04. The number of aromatic amines is 1. The summed E-state index contributed by atoms with van der Waals surface area (Å²) in [6, 6.07) is 15.3. The molecule has 3 heteroatoms.